The van der Waals surface area contributed by atoms with E-state index in [0.717, 1.165) is 22.6 Å². The number of rotatable bonds is 6. The van der Waals surface area contributed by atoms with Crippen LogP contribution in [0.15, 0.2) is 30.3 Å². The summed E-state index contributed by atoms with van der Waals surface area (Å²) in [5, 5.41) is 7.69. The molecular formula is C16H23N5O. The lowest BCUT2D eigenvalue weighted by Crippen LogP contribution is -2.33. The molecule has 1 unspecified atom stereocenters. The van der Waals surface area contributed by atoms with Crippen molar-refractivity contribution in [3.05, 3.63) is 47.2 Å². The van der Waals surface area contributed by atoms with E-state index in [9.17, 15) is 4.79 Å². The summed E-state index contributed by atoms with van der Waals surface area (Å²) in [6.45, 7) is 2.49. The summed E-state index contributed by atoms with van der Waals surface area (Å²) in [6, 6.07) is 8.98. The van der Waals surface area contributed by atoms with Crippen molar-refractivity contribution < 1.29 is 4.79 Å². The Balaban J connectivity index is 2.23. The van der Waals surface area contributed by atoms with Gasteiger partial charge in [0.15, 0.2) is 0 Å². The number of hydrogen-bond acceptors (Lipinski definition) is 4. The summed E-state index contributed by atoms with van der Waals surface area (Å²) in [6.07, 6.45) is 0. The number of anilines is 1. The highest BCUT2D eigenvalue weighted by molar-refractivity contribution is 5.81. The van der Waals surface area contributed by atoms with E-state index < -0.39 is 6.04 Å². The summed E-state index contributed by atoms with van der Waals surface area (Å²) >= 11 is 0. The monoisotopic (exact) mass is 301 g/mol. The number of carbonyl (C=O) groups is 1. The zero-order valence-electron chi connectivity index (χ0n) is 13.5. The van der Waals surface area contributed by atoms with E-state index in [2.05, 4.69) is 10.4 Å². The molecule has 0 bridgehead atoms. The molecule has 0 radical (unpaired) electrons. The molecule has 1 aromatic carbocycles. The van der Waals surface area contributed by atoms with Crippen LogP contribution in [-0.2, 0) is 18.4 Å². The maximum atomic E-state index is 11.8. The predicted molar refractivity (Wildman–Crippen MR) is 87.5 cm³/mol. The van der Waals surface area contributed by atoms with Gasteiger partial charge >= 0.3 is 0 Å². The van der Waals surface area contributed by atoms with Crippen LogP contribution < -0.4 is 16.0 Å². The van der Waals surface area contributed by atoms with Crippen molar-refractivity contribution in [1.29, 1.82) is 0 Å². The van der Waals surface area contributed by atoms with Crippen LogP contribution in [0.1, 0.15) is 22.9 Å². The van der Waals surface area contributed by atoms with Crippen LogP contribution in [0.4, 0.5) is 5.82 Å². The van der Waals surface area contributed by atoms with E-state index in [0.29, 0.717) is 6.54 Å². The van der Waals surface area contributed by atoms with Crippen molar-refractivity contribution in [3.8, 4) is 0 Å². The number of carbonyl (C=O) groups excluding carboxylic acids is 1. The highest BCUT2D eigenvalue weighted by Gasteiger charge is 2.20. The molecule has 118 valence electrons. The molecule has 3 N–H and O–H groups in total. The highest BCUT2D eigenvalue weighted by atomic mass is 16.1. The van der Waals surface area contributed by atoms with Crippen molar-refractivity contribution in [1.82, 2.24) is 15.1 Å². The average molecular weight is 301 g/mol. The number of nitrogens with one attached hydrogen (secondary N) is 1. The van der Waals surface area contributed by atoms with E-state index in [1.54, 1.807) is 0 Å². The van der Waals surface area contributed by atoms with Crippen LogP contribution in [0.5, 0.6) is 0 Å². The fourth-order valence-corrected chi connectivity index (χ4v) is 2.69. The molecule has 0 saturated heterocycles. The molecule has 0 aliphatic carbocycles. The standard InChI is InChI=1S/C16H23N5O/c1-11-13(16(20(2)3)21(4)19-11)10-18-14(15(17)22)12-8-6-5-7-9-12/h5-9,14,18H,10H2,1-4H3,(H2,17,22). The smallest absolute Gasteiger partial charge is 0.239 e. The minimum absolute atomic E-state index is 0.390. The molecule has 2 rings (SSSR count). The summed E-state index contributed by atoms with van der Waals surface area (Å²) < 4.78 is 1.84. The normalized spacial score (nSPS) is 12.2. The fourth-order valence-electron chi connectivity index (χ4n) is 2.69. The van der Waals surface area contributed by atoms with Crippen molar-refractivity contribution >= 4 is 11.7 Å². The van der Waals surface area contributed by atoms with Crippen molar-refractivity contribution in [2.45, 2.75) is 19.5 Å². The van der Waals surface area contributed by atoms with Gasteiger partial charge in [-0.1, -0.05) is 30.3 Å². The van der Waals surface area contributed by atoms with E-state index >= 15 is 0 Å². The SMILES string of the molecule is Cc1nn(C)c(N(C)C)c1CNC(C(N)=O)c1ccccc1. The Morgan fingerprint density at radius 2 is 2.00 bits per heavy atom. The Kier molecular flexibility index (Phi) is 4.82. The van der Waals surface area contributed by atoms with Gasteiger partial charge < -0.3 is 10.6 Å². The molecular weight excluding hydrogens is 278 g/mol. The Morgan fingerprint density at radius 1 is 1.36 bits per heavy atom. The van der Waals surface area contributed by atoms with Gasteiger partial charge in [-0.25, -0.2) is 0 Å². The molecule has 6 nitrogen and oxygen atoms in total. The van der Waals surface area contributed by atoms with E-state index in [-0.39, 0.29) is 5.91 Å². The van der Waals surface area contributed by atoms with Gasteiger partial charge in [0, 0.05) is 33.3 Å². The Bertz CT molecular complexity index is 648. The number of hydrogen-bond donors (Lipinski definition) is 2. The summed E-state index contributed by atoms with van der Waals surface area (Å²) in [4.78, 5) is 13.8. The van der Waals surface area contributed by atoms with Gasteiger partial charge in [0.2, 0.25) is 5.91 Å². The van der Waals surface area contributed by atoms with Crippen LogP contribution in [0.3, 0.4) is 0 Å². The van der Waals surface area contributed by atoms with Crippen LogP contribution in [0.25, 0.3) is 0 Å². The second-order valence-corrected chi connectivity index (χ2v) is 5.53. The van der Waals surface area contributed by atoms with Crippen molar-refractivity contribution in [2.75, 3.05) is 19.0 Å². The molecule has 0 aliphatic rings. The van der Waals surface area contributed by atoms with E-state index in [1.165, 1.54) is 0 Å². The van der Waals surface area contributed by atoms with Gasteiger partial charge in [-0.2, -0.15) is 5.10 Å². The zero-order chi connectivity index (χ0) is 16.3. The molecule has 0 saturated carbocycles. The number of nitrogens with two attached hydrogens (primary N) is 1. The van der Waals surface area contributed by atoms with Crippen LogP contribution in [0.2, 0.25) is 0 Å². The Labute approximate surface area is 130 Å². The topological polar surface area (TPSA) is 76.2 Å². The largest absolute Gasteiger partial charge is 0.368 e. The molecule has 22 heavy (non-hydrogen) atoms. The number of nitrogens with zero attached hydrogens (tertiary/aromatic N) is 3. The first-order valence-corrected chi connectivity index (χ1v) is 7.19. The van der Waals surface area contributed by atoms with E-state index in [4.69, 9.17) is 5.73 Å². The first kappa shape index (κ1) is 16.0. The molecule has 0 spiro atoms. The van der Waals surface area contributed by atoms with Gasteiger partial charge in [0.05, 0.1) is 5.69 Å². The predicted octanol–water partition coefficient (Wildman–Crippen LogP) is 1.11. The summed E-state index contributed by atoms with van der Waals surface area (Å²) in [7, 11) is 5.86. The van der Waals surface area contributed by atoms with Gasteiger partial charge in [0.25, 0.3) is 0 Å². The first-order valence-electron chi connectivity index (χ1n) is 7.19. The zero-order valence-corrected chi connectivity index (χ0v) is 13.5. The lowest BCUT2D eigenvalue weighted by Gasteiger charge is -2.19. The molecule has 0 aliphatic heterocycles. The second kappa shape index (κ2) is 6.62. The third kappa shape index (κ3) is 3.28. The number of aromatic nitrogens is 2. The number of benzene rings is 1. The lowest BCUT2D eigenvalue weighted by atomic mass is 10.1. The third-order valence-electron chi connectivity index (χ3n) is 3.64. The fraction of sp³-hybridized carbons (Fsp3) is 0.375. The molecule has 0 fully saturated rings. The summed E-state index contributed by atoms with van der Waals surface area (Å²) in [5.74, 6) is 0.625. The van der Waals surface area contributed by atoms with Gasteiger partial charge in [-0.15, -0.1) is 0 Å². The Morgan fingerprint density at radius 3 is 2.55 bits per heavy atom. The number of amides is 1. The number of primary amides is 1. The van der Waals surface area contributed by atoms with Crippen molar-refractivity contribution in [2.24, 2.45) is 12.8 Å². The molecule has 1 atom stereocenters. The minimum atomic E-state index is -0.518. The Hall–Kier alpha value is -2.34. The molecule has 1 aromatic heterocycles. The maximum absolute atomic E-state index is 11.8. The lowest BCUT2D eigenvalue weighted by molar-refractivity contribution is -0.120. The third-order valence-corrected chi connectivity index (χ3v) is 3.64. The van der Waals surface area contributed by atoms with Crippen LogP contribution >= 0.6 is 0 Å². The van der Waals surface area contributed by atoms with Gasteiger partial charge in [0.1, 0.15) is 11.9 Å². The quantitative estimate of drug-likeness (QED) is 0.838. The number of aryl methyl sites for hydroxylation is 2. The summed E-state index contributed by atoms with van der Waals surface area (Å²) in [5.41, 5.74) is 8.41. The average Bonchev–Trinajstić information content (AvgIpc) is 2.74. The second-order valence-electron chi connectivity index (χ2n) is 5.53. The molecule has 6 heteroatoms. The highest BCUT2D eigenvalue weighted by Crippen LogP contribution is 2.22. The van der Waals surface area contributed by atoms with Gasteiger partial charge in [-0.05, 0) is 12.5 Å². The van der Waals surface area contributed by atoms with E-state index in [1.807, 2.05) is 68.0 Å². The maximum Gasteiger partial charge on any atom is 0.239 e. The van der Waals surface area contributed by atoms with Gasteiger partial charge in [-0.3, -0.25) is 14.8 Å². The minimum Gasteiger partial charge on any atom is -0.368 e. The molecule has 2 aromatic rings. The van der Waals surface area contributed by atoms with Crippen LogP contribution in [0, 0.1) is 6.92 Å². The first-order chi connectivity index (χ1) is 10.4. The molecule has 1 amide bonds. The molecule has 1 heterocycles. The van der Waals surface area contributed by atoms with Crippen LogP contribution in [-0.4, -0.2) is 29.8 Å². The van der Waals surface area contributed by atoms with Crippen molar-refractivity contribution in [3.63, 3.8) is 0 Å².